The Hall–Kier alpha value is -2.54. The van der Waals surface area contributed by atoms with Gasteiger partial charge < -0.3 is 20.3 Å². The van der Waals surface area contributed by atoms with Crippen molar-refractivity contribution in [2.75, 3.05) is 5.32 Å². The molecule has 3 rings (SSSR count). The molecule has 0 fully saturated rings. The van der Waals surface area contributed by atoms with Crippen molar-refractivity contribution < 1.29 is 14.7 Å². The SMILES string of the molecule is Cn1cc2c(c1C(=O)Nc1ccnc(Cl)c1)CCC2NC(=O)O. The zero-order valence-corrected chi connectivity index (χ0v) is 13.1. The first-order chi connectivity index (χ1) is 11.0. The number of hydrogen-bond donors (Lipinski definition) is 3. The van der Waals surface area contributed by atoms with Gasteiger partial charge in [0.2, 0.25) is 0 Å². The molecule has 2 heterocycles. The van der Waals surface area contributed by atoms with E-state index in [4.69, 9.17) is 16.7 Å². The Kier molecular flexibility index (Phi) is 3.96. The highest BCUT2D eigenvalue weighted by Gasteiger charge is 2.31. The Labute approximate surface area is 137 Å². The maximum atomic E-state index is 12.6. The number of aryl methyl sites for hydroxylation is 1. The summed E-state index contributed by atoms with van der Waals surface area (Å²) in [5.74, 6) is -0.257. The van der Waals surface area contributed by atoms with Crippen LogP contribution < -0.4 is 10.6 Å². The van der Waals surface area contributed by atoms with Crippen LogP contribution in [0.15, 0.2) is 24.5 Å². The molecule has 1 aliphatic carbocycles. The molecule has 0 saturated heterocycles. The van der Waals surface area contributed by atoms with Crippen molar-refractivity contribution in [2.24, 2.45) is 7.05 Å². The zero-order valence-electron chi connectivity index (χ0n) is 12.3. The van der Waals surface area contributed by atoms with Gasteiger partial charge in [0.1, 0.15) is 10.8 Å². The minimum atomic E-state index is -1.07. The van der Waals surface area contributed by atoms with E-state index in [9.17, 15) is 9.59 Å². The van der Waals surface area contributed by atoms with Crippen LogP contribution in [0.4, 0.5) is 10.5 Å². The Morgan fingerprint density at radius 2 is 2.26 bits per heavy atom. The van der Waals surface area contributed by atoms with Gasteiger partial charge in [-0.2, -0.15) is 0 Å². The minimum absolute atomic E-state index is 0.257. The molecule has 0 aliphatic heterocycles. The van der Waals surface area contributed by atoms with Crippen LogP contribution in [0, 0.1) is 0 Å². The second-order valence-corrected chi connectivity index (χ2v) is 5.77. The third-order valence-corrected chi connectivity index (χ3v) is 4.08. The fourth-order valence-corrected chi connectivity index (χ4v) is 3.15. The monoisotopic (exact) mass is 334 g/mol. The van der Waals surface area contributed by atoms with Crippen LogP contribution in [-0.4, -0.2) is 26.7 Å². The highest BCUT2D eigenvalue weighted by atomic mass is 35.5. The summed E-state index contributed by atoms with van der Waals surface area (Å²) in [7, 11) is 1.77. The molecule has 23 heavy (non-hydrogen) atoms. The molecule has 0 spiro atoms. The van der Waals surface area contributed by atoms with E-state index in [0.717, 1.165) is 11.1 Å². The normalized spacial score (nSPS) is 16.0. The predicted octanol–water partition coefficient (Wildman–Crippen LogP) is 2.58. The molecular formula is C15H15ClN4O3. The number of nitrogens with zero attached hydrogens (tertiary/aromatic N) is 2. The fraction of sp³-hybridized carbons (Fsp3) is 0.267. The lowest BCUT2D eigenvalue weighted by Crippen LogP contribution is -2.24. The van der Waals surface area contributed by atoms with Crippen molar-refractivity contribution in [1.29, 1.82) is 0 Å². The van der Waals surface area contributed by atoms with Gasteiger partial charge >= 0.3 is 6.09 Å². The topological polar surface area (TPSA) is 96.3 Å². The number of halogens is 1. The summed E-state index contributed by atoms with van der Waals surface area (Å²) < 4.78 is 1.72. The van der Waals surface area contributed by atoms with Crippen LogP contribution in [0.5, 0.6) is 0 Å². The van der Waals surface area contributed by atoms with Crippen molar-refractivity contribution in [2.45, 2.75) is 18.9 Å². The van der Waals surface area contributed by atoms with Gasteiger partial charge in [-0.1, -0.05) is 11.6 Å². The molecule has 0 bridgehead atoms. The van der Waals surface area contributed by atoms with Gasteiger partial charge in [0.25, 0.3) is 5.91 Å². The van der Waals surface area contributed by atoms with Crippen molar-refractivity contribution in [3.63, 3.8) is 0 Å². The van der Waals surface area contributed by atoms with E-state index in [1.54, 1.807) is 29.9 Å². The standard InChI is InChI=1S/C15H15ClN4O3/c1-20-7-10-9(2-3-11(10)19-15(22)23)13(20)14(21)18-8-4-5-17-12(16)6-8/h4-7,11,19H,2-3H2,1H3,(H,22,23)(H,17,18,21). The van der Waals surface area contributed by atoms with Gasteiger partial charge in [0, 0.05) is 25.1 Å². The number of carbonyl (C=O) groups is 2. The predicted molar refractivity (Wildman–Crippen MR) is 84.8 cm³/mol. The average molecular weight is 335 g/mol. The lowest BCUT2D eigenvalue weighted by atomic mass is 10.1. The molecule has 2 amide bonds. The number of nitrogens with one attached hydrogen (secondary N) is 2. The van der Waals surface area contributed by atoms with Crippen LogP contribution in [-0.2, 0) is 13.5 Å². The molecule has 0 radical (unpaired) electrons. The summed E-state index contributed by atoms with van der Waals surface area (Å²) in [6.45, 7) is 0. The first-order valence-corrected chi connectivity index (χ1v) is 7.44. The second kappa shape index (κ2) is 5.92. The third-order valence-electron chi connectivity index (χ3n) is 3.88. The number of amides is 2. The first-order valence-electron chi connectivity index (χ1n) is 7.06. The smallest absolute Gasteiger partial charge is 0.405 e. The van der Waals surface area contributed by atoms with Gasteiger partial charge in [0.15, 0.2) is 0 Å². The molecule has 1 aliphatic rings. The quantitative estimate of drug-likeness (QED) is 0.752. The zero-order chi connectivity index (χ0) is 16.6. The Bertz CT molecular complexity index is 787. The summed E-state index contributed by atoms with van der Waals surface area (Å²) >= 11 is 5.81. The number of carboxylic acid groups (broad SMARTS) is 1. The summed E-state index contributed by atoms with van der Waals surface area (Å²) in [5.41, 5.74) is 2.82. The lowest BCUT2D eigenvalue weighted by Gasteiger charge is -2.09. The number of fused-ring (bicyclic) bond motifs is 1. The number of rotatable bonds is 3. The average Bonchev–Trinajstić information content (AvgIpc) is 2.97. The van der Waals surface area contributed by atoms with E-state index >= 15 is 0 Å². The first kappa shape index (κ1) is 15.4. The summed E-state index contributed by atoms with van der Waals surface area (Å²) in [6, 6.07) is 2.95. The lowest BCUT2D eigenvalue weighted by molar-refractivity contribution is 0.101. The molecule has 120 valence electrons. The maximum Gasteiger partial charge on any atom is 0.405 e. The third kappa shape index (κ3) is 3.00. The van der Waals surface area contributed by atoms with E-state index in [1.807, 2.05) is 0 Å². The highest BCUT2D eigenvalue weighted by molar-refractivity contribution is 6.29. The van der Waals surface area contributed by atoms with Crippen LogP contribution in [0.3, 0.4) is 0 Å². The summed E-state index contributed by atoms with van der Waals surface area (Å²) in [6.07, 6.45) is 3.56. The van der Waals surface area contributed by atoms with Crippen molar-refractivity contribution in [3.05, 3.63) is 46.5 Å². The Balaban J connectivity index is 1.86. The van der Waals surface area contributed by atoms with Gasteiger partial charge in [0.05, 0.1) is 6.04 Å². The summed E-state index contributed by atoms with van der Waals surface area (Å²) in [5, 5.41) is 14.5. The van der Waals surface area contributed by atoms with E-state index in [-0.39, 0.29) is 11.9 Å². The van der Waals surface area contributed by atoms with E-state index in [1.165, 1.54) is 6.20 Å². The number of anilines is 1. The van der Waals surface area contributed by atoms with Gasteiger partial charge in [-0.05, 0) is 36.1 Å². The Morgan fingerprint density at radius 1 is 1.48 bits per heavy atom. The molecule has 8 heteroatoms. The molecular weight excluding hydrogens is 320 g/mol. The van der Waals surface area contributed by atoms with E-state index < -0.39 is 6.09 Å². The van der Waals surface area contributed by atoms with Gasteiger partial charge in [-0.15, -0.1) is 0 Å². The van der Waals surface area contributed by atoms with E-state index in [2.05, 4.69) is 15.6 Å². The molecule has 0 aromatic carbocycles. The molecule has 2 aromatic heterocycles. The molecule has 0 saturated carbocycles. The number of hydrogen-bond acceptors (Lipinski definition) is 3. The highest BCUT2D eigenvalue weighted by Crippen LogP contribution is 2.34. The van der Waals surface area contributed by atoms with E-state index in [0.29, 0.717) is 29.4 Å². The molecule has 1 unspecified atom stereocenters. The van der Waals surface area contributed by atoms with Gasteiger partial charge in [-0.25, -0.2) is 9.78 Å². The molecule has 7 nitrogen and oxygen atoms in total. The molecule has 2 aromatic rings. The largest absolute Gasteiger partial charge is 0.465 e. The van der Waals surface area contributed by atoms with Crippen LogP contribution in [0.2, 0.25) is 5.15 Å². The molecule has 1 atom stereocenters. The number of pyridine rings is 1. The van der Waals surface area contributed by atoms with Crippen LogP contribution in [0.25, 0.3) is 0 Å². The fourth-order valence-electron chi connectivity index (χ4n) is 2.97. The maximum absolute atomic E-state index is 12.6. The van der Waals surface area contributed by atoms with Crippen molar-refractivity contribution in [1.82, 2.24) is 14.9 Å². The van der Waals surface area contributed by atoms with Gasteiger partial charge in [-0.3, -0.25) is 4.79 Å². The minimum Gasteiger partial charge on any atom is -0.465 e. The second-order valence-electron chi connectivity index (χ2n) is 5.38. The van der Waals surface area contributed by atoms with Crippen molar-refractivity contribution in [3.8, 4) is 0 Å². The van der Waals surface area contributed by atoms with Crippen LogP contribution >= 0.6 is 11.6 Å². The number of carbonyl (C=O) groups excluding carboxylic acids is 1. The molecule has 3 N–H and O–H groups in total. The summed E-state index contributed by atoms with van der Waals surface area (Å²) in [4.78, 5) is 27.3. The van der Waals surface area contributed by atoms with Crippen molar-refractivity contribution >= 4 is 29.3 Å². The van der Waals surface area contributed by atoms with Crippen LogP contribution in [0.1, 0.15) is 34.1 Å². The number of aromatic nitrogens is 2. The Morgan fingerprint density at radius 3 is 2.96 bits per heavy atom.